The number of aliphatic carboxylic acids is 1. The lowest BCUT2D eigenvalue weighted by Crippen LogP contribution is -2.22. The monoisotopic (exact) mass is 190 g/mol. The van der Waals surface area contributed by atoms with Gasteiger partial charge in [-0.05, 0) is 5.56 Å². The van der Waals surface area contributed by atoms with Crippen LogP contribution < -0.4 is 0 Å². The van der Waals surface area contributed by atoms with Gasteiger partial charge in [0.1, 0.15) is 0 Å². The number of hydrogen-bond acceptors (Lipinski definition) is 1. The maximum atomic E-state index is 10.7. The van der Waals surface area contributed by atoms with Gasteiger partial charge in [0, 0.05) is 5.41 Å². The van der Waals surface area contributed by atoms with Crippen LogP contribution in [0.1, 0.15) is 18.9 Å². The second-order valence-corrected chi connectivity index (χ2v) is 3.56. The van der Waals surface area contributed by atoms with Crippen molar-refractivity contribution in [2.75, 3.05) is 0 Å². The molecule has 1 rings (SSSR count). The topological polar surface area (TPSA) is 37.3 Å². The number of allylic oxidation sites excluding steroid dienone is 1. The van der Waals surface area contributed by atoms with Gasteiger partial charge in [0.2, 0.25) is 0 Å². The van der Waals surface area contributed by atoms with Gasteiger partial charge < -0.3 is 5.11 Å². The van der Waals surface area contributed by atoms with E-state index in [1.54, 1.807) is 6.08 Å². The van der Waals surface area contributed by atoms with Crippen LogP contribution in [0, 0.1) is 0 Å². The Bertz CT molecular complexity index is 329. The molecule has 0 heterocycles. The zero-order valence-electron chi connectivity index (χ0n) is 8.23. The minimum Gasteiger partial charge on any atom is -0.481 e. The van der Waals surface area contributed by atoms with Gasteiger partial charge in [-0.1, -0.05) is 43.3 Å². The van der Waals surface area contributed by atoms with Crippen LogP contribution in [0.25, 0.3) is 0 Å². The Morgan fingerprint density at radius 1 is 1.50 bits per heavy atom. The highest BCUT2D eigenvalue weighted by molar-refractivity contribution is 5.69. The molecule has 74 valence electrons. The molecule has 0 aliphatic heterocycles. The summed E-state index contributed by atoms with van der Waals surface area (Å²) in [7, 11) is 0. The maximum absolute atomic E-state index is 10.7. The van der Waals surface area contributed by atoms with Crippen LogP contribution in [0.4, 0.5) is 0 Å². The smallest absolute Gasteiger partial charge is 0.304 e. The Morgan fingerprint density at radius 2 is 2.07 bits per heavy atom. The zero-order valence-corrected chi connectivity index (χ0v) is 8.23. The molecule has 0 aliphatic rings. The minimum absolute atomic E-state index is 0.0700. The summed E-state index contributed by atoms with van der Waals surface area (Å²) < 4.78 is 0. The molecule has 1 atom stereocenters. The first-order valence-electron chi connectivity index (χ1n) is 4.49. The molecule has 1 N–H and O–H groups in total. The first kappa shape index (κ1) is 10.5. The van der Waals surface area contributed by atoms with Crippen molar-refractivity contribution in [1.29, 1.82) is 0 Å². The van der Waals surface area contributed by atoms with Crippen molar-refractivity contribution in [1.82, 2.24) is 0 Å². The normalized spacial score (nSPS) is 14.4. The van der Waals surface area contributed by atoms with Crippen LogP contribution in [-0.4, -0.2) is 11.1 Å². The van der Waals surface area contributed by atoms with E-state index in [0.717, 1.165) is 5.56 Å². The third-order valence-corrected chi connectivity index (χ3v) is 2.40. The number of carboxylic acids is 1. The highest BCUT2D eigenvalue weighted by Gasteiger charge is 2.25. The van der Waals surface area contributed by atoms with Gasteiger partial charge in [-0.3, -0.25) is 4.79 Å². The van der Waals surface area contributed by atoms with Crippen molar-refractivity contribution in [3.63, 3.8) is 0 Å². The van der Waals surface area contributed by atoms with Crippen molar-refractivity contribution in [3.8, 4) is 0 Å². The maximum Gasteiger partial charge on any atom is 0.304 e. The lowest BCUT2D eigenvalue weighted by molar-refractivity contribution is -0.137. The summed E-state index contributed by atoms with van der Waals surface area (Å²) in [4.78, 5) is 10.7. The van der Waals surface area contributed by atoms with E-state index in [2.05, 4.69) is 6.58 Å². The molecular weight excluding hydrogens is 176 g/mol. The molecular formula is C12H14O2. The predicted octanol–water partition coefficient (Wildman–Crippen LogP) is 2.61. The van der Waals surface area contributed by atoms with Crippen LogP contribution in [-0.2, 0) is 10.2 Å². The van der Waals surface area contributed by atoms with Crippen LogP contribution in [0.2, 0.25) is 0 Å². The SMILES string of the molecule is C=CC(C)(CC(=O)O)c1ccccc1. The molecule has 0 saturated heterocycles. The summed E-state index contributed by atoms with van der Waals surface area (Å²) >= 11 is 0. The summed E-state index contributed by atoms with van der Waals surface area (Å²) in [5.41, 5.74) is 0.505. The average molecular weight is 190 g/mol. The molecule has 2 heteroatoms. The van der Waals surface area contributed by atoms with Crippen molar-refractivity contribution in [2.45, 2.75) is 18.8 Å². The molecule has 0 amide bonds. The Hall–Kier alpha value is -1.57. The molecule has 0 radical (unpaired) electrons. The van der Waals surface area contributed by atoms with E-state index >= 15 is 0 Å². The Balaban J connectivity index is 3.01. The quantitative estimate of drug-likeness (QED) is 0.741. The standard InChI is InChI=1S/C12H14O2/c1-3-12(2,9-11(13)14)10-7-5-4-6-8-10/h3-8H,1,9H2,2H3,(H,13,14). The van der Waals surface area contributed by atoms with E-state index < -0.39 is 11.4 Å². The second kappa shape index (κ2) is 4.09. The Kier molecular flexibility index (Phi) is 3.07. The lowest BCUT2D eigenvalue weighted by atomic mass is 9.80. The van der Waals surface area contributed by atoms with Gasteiger partial charge in [-0.2, -0.15) is 0 Å². The predicted molar refractivity (Wildman–Crippen MR) is 56.2 cm³/mol. The summed E-state index contributed by atoms with van der Waals surface area (Å²) in [6, 6.07) is 9.56. The summed E-state index contributed by atoms with van der Waals surface area (Å²) in [6.07, 6.45) is 1.76. The third-order valence-electron chi connectivity index (χ3n) is 2.40. The number of benzene rings is 1. The first-order valence-corrected chi connectivity index (χ1v) is 4.49. The zero-order chi connectivity index (χ0) is 10.6. The third kappa shape index (κ3) is 2.22. The largest absolute Gasteiger partial charge is 0.481 e. The van der Waals surface area contributed by atoms with Crippen LogP contribution in [0.5, 0.6) is 0 Å². The average Bonchev–Trinajstić information content (AvgIpc) is 2.18. The summed E-state index contributed by atoms with van der Waals surface area (Å²) in [5.74, 6) is -0.809. The number of hydrogen-bond donors (Lipinski definition) is 1. The summed E-state index contributed by atoms with van der Waals surface area (Å²) in [6.45, 7) is 5.58. The van der Waals surface area contributed by atoms with Gasteiger partial charge >= 0.3 is 5.97 Å². The Morgan fingerprint density at radius 3 is 2.50 bits per heavy atom. The van der Waals surface area contributed by atoms with E-state index in [9.17, 15) is 4.79 Å². The van der Waals surface area contributed by atoms with Gasteiger partial charge in [0.25, 0.3) is 0 Å². The van der Waals surface area contributed by atoms with Crippen molar-refractivity contribution < 1.29 is 9.90 Å². The molecule has 14 heavy (non-hydrogen) atoms. The molecule has 0 spiro atoms. The van der Waals surface area contributed by atoms with Crippen molar-refractivity contribution in [2.24, 2.45) is 0 Å². The lowest BCUT2D eigenvalue weighted by Gasteiger charge is -2.24. The number of rotatable bonds is 4. The molecule has 0 saturated carbocycles. The highest BCUT2D eigenvalue weighted by Crippen LogP contribution is 2.28. The highest BCUT2D eigenvalue weighted by atomic mass is 16.4. The van der Waals surface area contributed by atoms with Crippen LogP contribution in [0.15, 0.2) is 43.0 Å². The minimum atomic E-state index is -0.809. The van der Waals surface area contributed by atoms with Gasteiger partial charge in [-0.15, -0.1) is 6.58 Å². The number of carbonyl (C=O) groups is 1. The van der Waals surface area contributed by atoms with E-state index in [1.165, 1.54) is 0 Å². The fourth-order valence-corrected chi connectivity index (χ4v) is 1.43. The molecule has 2 nitrogen and oxygen atoms in total. The molecule has 0 bridgehead atoms. The second-order valence-electron chi connectivity index (χ2n) is 3.56. The van der Waals surface area contributed by atoms with E-state index in [-0.39, 0.29) is 6.42 Å². The van der Waals surface area contributed by atoms with Crippen LogP contribution >= 0.6 is 0 Å². The van der Waals surface area contributed by atoms with Gasteiger partial charge in [-0.25, -0.2) is 0 Å². The van der Waals surface area contributed by atoms with Crippen molar-refractivity contribution in [3.05, 3.63) is 48.6 Å². The van der Waals surface area contributed by atoms with Crippen LogP contribution in [0.3, 0.4) is 0 Å². The van der Waals surface area contributed by atoms with E-state index in [1.807, 2.05) is 37.3 Å². The molecule has 0 fully saturated rings. The van der Waals surface area contributed by atoms with Crippen molar-refractivity contribution >= 4 is 5.97 Å². The molecule has 0 aliphatic carbocycles. The van der Waals surface area contributed by atoms with E-state index in [0.29, 0.717) is 0 Å². The van der Waals surface area contributed by atoms with Gasteiger partial charge in [0.05, 0.1) is 6.42 Å². The molecule has 1 unspecified atom stereocenters. The fraction of sp³-hybridized carbons (Fsp3) is 0.250. The molecule has 1 aromatic rings. The summed E-state index contributed by atoms with van der Waals surface area (Å²) in [5, 5.41) is 8.79. The molecule has 0 aromatic heterocycles. The van der Waals surface area contributed by atoms with E-state index in [4.69, 9.17) is 5.11 Å². The fourth-order valence-electron chi connectivity index (χ4n) is 1.43. The Labute approximate surface area is 83.9 Å². The first-order chi connectivity index (χ1) is 6.58. The van der Waals surface area contributed by atoms with Gasteiger partial charge in [0.15, 0.2) is 0 Å². The number of carboxylic acid groups (broad SMARTS) is 1. The molecule has 1 aromatic carbocycles.